The highest BCUT2D eigenvalue weighted by Gasteiger charge is 2.27. The normalized spacial score (nSPS) is 16.3. The van der Waals surface area contributed by atoms with Crippen molar-refractivity contribution in [1.29, 1.82) is 0 Å². The number of rotatable bonds is 10. The van der Waals surface area contributed by atoms with Crippen molar-refractivity contribution >= 4 is 57.2 Å². The molecular weight excluding hydrogens is 679 g/mol. The van der Waals surface area contributed by atoms with Gasteiger partial charge in [0.2, 0.25) is 5.95 Å². The number of hydrogen-bond acceptors (Lipinski definition) is 10. The van der Waals surface area contributed by atoms with E-state index in [1.165, 1.54) is 56.4 Å². The fraction of sp³-hybridized carbons (Fsp3) is 0.441. The molecule has 2 fully saturated rings. The molecule has 4 heterocycles. The van der Waals surface area contributed by atoms with Crippen LogP contribution in [-0.4, -0.2) is 84.4 Å². The third-order valence-electron chi connectivity index (χ3n) is 9.09. The maximum atomic E-state index is 13.4. The molecule has 0 amide bonds. The van der Waals surface area contributed by atoms with Crippen molar-refractivity contribution in [2.24, 2.45) is 0 Å². The molecular formula is C34H44BrN8O3P. The predicted octanol–water partition coefficient (Wildman–Crippen LogP) is 6.94. The second kappa shape index (κ2) is 14.3. The molecule has 2 aromatic carbocycles. The Morgan fingerprint density at radius 3 is 2.38 bits per heavy atom. The second-order valence-corrected chi connectivity index (χ2v) is 16.7. The van der Waals surface area contributed by atoms with Gasteiger partial charge in [0.25, 0.3) is 0 Å². The molecule has 6 rings (SSSR count). The van der Waals surface area contributed by atoms with E-state index < -0.39 is 7.14 Å². The lowest BCUT2D eigenvalue weighted by Crippen LogP contribution is -2.46. The predicted molar refractivity (Wildman–Crippen MR) is 194 cm³/mol. The number of likely N-dealkylation sites (tertiary alicyclic amines) is 1. The topological polar surface area (TPSA) is 110 Å². The van der Waals surface area contributed by atoms with E-state index in [2.05, 4.69) is 65.5 Å². The fourth-order valence-corrected chi connectivity index (χ4v) is 8.01. The average Bonchev–Trinajstić information content (AvgIpc) is 3.56. The number of ether oxygens (including phenoxy) is 2. The van der Waals surface area contributed by atoms with Crippen molar-refractivity contribution in [1.82, 2.24) is 24.6 Å². The van der Waals surface area contributed by atoms with Crippen molar-refractivity contribution < 1.29 is 14.0 Å². The number of anilines is 5. The van der Waals surface area contributed by atoms with Crippen LogP contribution in [0.1, 0.15) is 37.7 Å². The van der Waals surface area contributed by atoms with E-state index in [0.717, 1.165) is 30.2 Å². The summed E-state index contributed by atoms with van der Waals surface area (Å²) in [6.07, 6.45) is 11.5. The van der Waals surface area contributed by atoms with Gasteiger partial charge in [0.15, 0.2) is 5.75 Å². The summed E-state index contributed by atoms with van der Waals surface area (Å²) in [5.74, 6) is 2.32. The minimum absolute atomic E-state index is 0.404. The van der Waals surface area contributed by atoms with Crippen molar-refractivity contribution in [3.8, 4) is 17.2 Å². The van der Waals surface area contributed by atoms with Gasteiger partial charge in [0, 0.05) is 42.4 Å². The van der Waals surface area contributed by atoms with Gasteiger partial charge in [0.05, 0.1) is 48.1 Å². The monoisotopic (exact) mass is 722 g/mol. The molecule has 0 aliphatic carbocycles. The van der Waals surface area contributed by atoms with Crippen LogP contribution in [0, 0.1) is 6.92 Å². The summed E-state index contributed by atoms with van der Waals surface area (Å²) < 4.78 is 26.9. The first-order valence-electron chi connectivity index (χ1n) is 16.2. The number of nitrogens with zero attached hydrogens (tertiary/aromatic N) is 6. The fourth-order valence-electron chi connectivity index (χ4n) is 6.57. The first-order valence-corrected chi connectivity index (χ1v) is 19.5. The molecule has 47 heavy (non-hydrogen) atoms. The molecule has 0 unspecified atom stereocenters. The van der Waals surface area contributed by atoms with Crippen LogP contribution >= 0.6 is 23.1 Å². The molecule has 2 saturated heterocycles. The lowest BCUT2D eigenvalue weighted by Gasteiger charge is -2.41. The Labute approximate surface area is 285 Å². The van der Waals surface area contributed by atoms with Gasteiger partial charge in [-0.15, -0.1) is 0 Å². The Kier molecular flexibility index (Phi) is 10.1. The molecule has 0 radical (unpaired) electrons. The maximum absolute atomic E-state index is 13.4. The number of hydrogen-bond donors (Lipinski definition) is 2. The minimum atomic E-state index is -2.70. The van der Waals surface area contributed by atoms with Crippen molar-refractivity contribution in [2.45, 2.75) is 45.1 Å². The van der Waals surface area contributed by atoms with Gasteiger partial charge in [-0.25, -0.2) is 9.67 Å². The van der Waals surface area contributed by atoms with E-state index in [4.69, 9.17) is 14.5 Å². The molecule has 250 valence electrons. The molecule has 0 saturated carbocycles. The van der Waals surface area contributed by atoms with Crippen LogP contribution in [0.25, 0.3) is 5.69 Å². The summed E-state index contributed by atoms with van der Waals surface area (Å²) in [6.45, 7) is 10.2. The molecule has 0 spiro atoms. The maximum Gasteiger partial charge on any atom is 0.229 e. The van der Waals surface area contributed by atoms with Crippen LogP contribution in [0.5, 0.6) is 11.5 Å². The first-order chi connectivity index (χ1) is 22.6. The average molecular weight is 724 g/mol. The quantitative estimate of drug-likeness (QED) is 0.167. The van der Waals surface area contributed by atoms with Crippen LogP contribution in [0.3, 0.4) is 0 Å². The molecule has 2 aromatic heterocycles. The van der Waals surface area contributed by atoms with E-state index in [1.54, 1.807) is 50.8 Å². The molecule has 0 bridgehead atoms. The Bertz CT molecular complexity index is 1760. The van der Waals surface area contributed by atoms with E-state index in [-0.39, 0.29) is 0 Å². The summed E-state index contributed by atoms with van der Waals surface area (Å²) >= 11 is 3.59. The van der Waals surface area contributed by atoms with Gasteiger partial charge in [-0.3, -0.25) is 0 Å². The van der Waals surface area contributed by atoms with Crippen LogP contribution in [-0.2, 0) is 4.57 Å². The number of piperidine rings is 2. The van der Waals surface area contributed by atoms with Crippen LogP contribution < -0.4 is 30.3 Å². The third kappa shape index (κ3) is 7.60. The number of nitrogens with one attached hydrogen (secondary N) is 2. The van der Waals surface area contributed by atoms with Gasteiger partial charge < -0.3 is 34.5 Å². The zero-order valence-corrected chi connectivity index (χ0v) is 30.3. The highest BCUT2D eigenvalue weighted by atomic mass is 79.9. The number of aromatic nitrogens is 4. The molecule has 13 heteroatoms. The van der Waals surface area contributed by atoms with Gasteiger partial charge in [-0.05, 0) is 105 Å². The number of aryl methyl sites for hydroxylation is 1. The van der Waals surface area contributed by atoms with E-state index in [9.17, 15) is 4.57 Å². The zero-order chi connectivity index (χ0) is 33.1. The lowest BCUT2D eigenvalue weighted by atomic mass is 9.98. The zero-order valence-electron chi connectivity index (χ0n) is 27.8. The molecule has 4 aromatic rings. The number of halogens is 1. The van der Waals surface area contributed by atoms with Crippen molar-refractivity contribution in [2.75, 3.05) is 69.3 Å². The van der Waals surface area contributed by atoms with E-state index in [0.29, 0.717) is 39.0 Å². The molecule has 11 nitrogen and oxygen atoms in total. The second-order valence-electron chi connectivity index (χ2n) is 12.7. The van der Waals surface area contributed by atoms with E-state index in [1.807, 2.05) is 18.2 Å². The standard InChI is InChI=1S/C34H44BrN8O3P/c1-23-17-29(31(46-3)19-30(23)42-15-11-24(12-16-42)41-13-7-6-8-14-41)39-34-36-21-27(35)33(40-34)38-28-10-9-25(18-32(28)47(4,5)44)43-22-26(45-2)20-37-43/h9-10,17-22,24H,6-8,11-16H2,1-5H3,(H2,36,38,39,40). The Balaban J connectivity index is 1.20. The van der Waals surface area contributed by atoms with Gasteiger partial charge in [0.1, 0.15) is 18.7 Å². The number of benzene rings is 2. The highest BCUT2D eigenvalue weighted by Crippen LogP contribution is 2.40. The Hall–Kier alpha value is -3.60. The number of methoxy groups -OCH3 is 2. The summed E-state index contributed by atoms with van der Waals surface area (Å²) in [7, 11) is 0.591. The molecule has 2 aliphatic heterocycles. The summed E-state index contributed by atoms with van der Waals surface area (Å²) in [5.41, 5.74) is 4.63. The lowest BCUT2D eigenvalue weighted by molar-refractivity contribution is 0.141. The van der Waals surface area contributed by atoms with Crippen LogP contribution in [0.4, 0.5) is 28.8 Å². The van der Waals surface area contributed by atoms with Crippen molar-refractivity contribution in [3.63, 3.8) is 0 Å². The Morgan fingerprint density at radius 1 is 0.936 bits per heavy atom. The van der Waals surface area contributed by atoms with Gasteiger partial charge in [-0.1, -0.05) is 6.42 Å². The third-order valence-corrected chi connectivity index (χ3v) is 11.2. The Morgan fingerprint density at radius 2 is 1.70 bits per heavy atom. The molecule has 2 N–H and O–H groups in total. The molecule has 2 aliphatic rings. The summed E-state index contributed by atoms with van der Waals surface area (Å²) in [6, 6.07) is 10.6. The molecule has 0 atom stereocenters. The van der Waals surface area contributed by atoms with Gasteiger partial charge >= 0.3 is 0 Å². The summed E-state index contributed by atoms with van der Waals surface area (Å²) in [4.78, 5) is 14.5. The van der Waals surface area contributed by atoms with Crippen LogP contribution in [0.15, 0.2) is 53.4 Å². The first kappa shape index (κ1) is 33.3. The van der Waals surface area contributed by atoms with E-state index >= 15 is 0 Å². The van der Waals surface area contributed by atoms with Gasteiger partial charge in [-0.2, -0.15) is 10.1 Å². The summed E-state index contributed by atoms with van der Waals surface area (Å²) in [5, 5.41) is 11.8. The minimum Gasteiger partial charge on any atom is -0.494 e. The smallest absolute Gasteiger partial charge is 0.229 e. The largest absolute Gasteiger partial charge is 0.494 e. The van der Waals surface area contributed by atoms with Crippen molar-refractivity contribution in [3.05, 3.63) is 59.0 Å². The SMILES string of the molecule is COc1cnn(-c2ccc(Nc3nc(Nc4cc(C)c(N5CCC(N6CCCCC6)CC5)cc4OC)ncc3Br)c(P(C)(C)=O)c2)c1. The van der Waals surface area contributed by atoms with Crippen LogP contribution in [0.2, 0.25) is 0 Å². The highest BCUT2D eigenvalue weighted by molar-refractivity contribution is 9.10.